The Hall–Kier alpha value is -2.04. The zero-order valence-electron chi connectivity index (χ0n) is 12.2. The summed E-state index contributed by atoms with van der Waals surface area (Å²) in [5.74, 6) is 0.0184. The van der Waals surface area contributed by atoms with Crippen LogP contribution in [0.15, 0.2) is 24.3 Å². The van der Waals surface area contributed by atoms with E-state index in [1.165, 1.54) is 0 Å². The molecule has 0 atom stereocenters. The molecule has 3 rings (SSSR count). The zero-order valence-corrected chi connectivity index (χ0v) is 12.2. The lowest BCUT2D eigenvalue weighted by atomic mass is 10.1. The minimum absolute atomic E-state index is 0.0184. The van der Waals surface area contributed by atoms with E-state index < -0.39 is 0 Å². The fourth-order valence-corrected chi connectivity index (χ4v) is 2.98. The van der Waals surface area contributed by atoms with E-state index in [2.05, 4.69) is 5.32 Å². The highest BCUT2D eigenvalue weighted by Crippen LogP contribution is 2.21. The van der Waals surface area contributed by atoms with E-state index in [1.54, 1.807) is 17.0 Å². The van der Waals surface area contributed by atoms with Crippen molar-refractivity contribution in [2.24, 2.45) is 0 Å². The first kappa shape index (κ1) is 13.9. The first-order valence-corrected chi connectivity index (χ1v) is 7.70. The Morgan fingerprint density at radius 3 is 2.10 bits per heavy atom. The van der Waals surface area contributed by atoms with Gasteiger partial charge in [0, 0.05) is 26.2 Å². The van der Waals surface area contributed by atoms with Gasteiger partial charge < -0.3 is 15.1 Å². The van der Waals surface area contributed by atoms with Gasteiger partial charge in [0.15, 0.2) is 0 Å². The molecular weight excluding hydrogens is 266 g/mol. The predicted molar refractivity (Wildman–Crippen MR) is 81.4 cm³/mol. The van der Waals surface area contributed by atoms with Gasteiger partial charge in [0.1, 0.15) is 0 Å². The lowest BCUT2D eigenvalue weighted by molar-refractivity contribution is 0.0794. The molecule has 0 radical (unpaired) electrons. The summed E-state index contributed by atoms with van der Waals surface area (Å²) in [6, 6.07) is 7.18. The summed E-state index contributed by atoms with van der Waals surface area (Å²) in [4.78, 5) is 28.4. The van der Waals surface area contributed by atoms with Crippen molar-refractivity contribution in [1.82, 2.24) is 9.80 Å². The van der Waals surface area contributed by atoms with Gasteiger partial charge in [-0.3, -0.25) is 4.79 Å². The van der Waals surface area contributed by atoms with Gasteiger partial charge in [-0.1, -0.05) is 12.1 Å². The number of carbonyl (C=O) groups is 2. The highest BCUT2D eigenvalue weighted by atomic mass is 16.2. The van der Waals surface area contributed by atoms with E-state index in [0.29, 0.717) is 11.3 Å². The molecule has 0 saturated carbocycles. The fourth-order valence-electron chi connectivity index (χ4n) is 2.98. The highest BCUT2D eigenvalue weighted by Gasteiger charge is 2.24. The average Bonchev–Trinajstić information content (AvgIpc) is 3.20. The molecule has 1 N–H and O–H groups in total. The monoisotopic (exact) mass is 287 g/mol. The van der Waals surface area contributed by atoms with Gasteiger partial charge >= 0.3 is 6.03 Å². The molecule has 2 saturated heterocycles. The zero-order chi connectivity index (χ0) is 14.7. The number of anilines is 1. The van der Waals surface area contributed by atoms with Crippen molar-refractivity contribution in [2.75, 3.05) is 31.5 Å². The number of nitrogens with one attached hydrogen (secondary N) is 1. The van der Waals surface area contributed by atoms with Gasteiger partial charge in [-0.15, -0.1) is 0 Å². The second kappa shape index (κ2) is 6.16. The standard InChI is InChI=1S/C16H21N3O2/c20-15(18-9-3-4-10-18)13-7-1-2-8-14(13)17-16(21)19-11-5-6-12-19/h1-2,7-8H,3-6,9-12H2,(H,17,21). The van der Waals surface area contributed by atoms with Gasteiger partial charge in [0.25, 0.3) is 5.91 Å². The summed E-state index contributed by atoms with van der Waals surface area (Å²) < 4.78 is 0. The molecule has 0 unspecified atom stereocenters. The maximum absolute atomic E-state index is 12.5. The third kappa shape index (κ3) is 3.01. The molecule has 0 bridgehead atoms. The van der Waals surface area contributed by atoms with Crippen LogP contribution in [0.3, 0.4) is 0 Å². The minimum atomic E-state index is -0.103. The molecule has 0 aliphatic carbocycles. The largest absolute Gasteiger partial charge is 0.339 e. The van der Waals surface area contributed by atoms with E-state index in [4.69, 9.17) is 0 Å². The summed E-state index contributed by atoms with van der Waals surface area (Å²) in [6.45, 7) is 3.22. The van der Waals surface area contributed by atoms with Crippen LogP contribution in [0, 0.1) is 0 Å². The third-order valence-electron chi connectivity index (χ3n) is 4.19. The topological polar surface area (TPSA) is 52.7 Å². The number of likely N-dealkylation sites (tertiary alicyclic amines) is 2. The van der Waals surface area contributed by atoms with Crippen molar-refractivity contribution in [2.45, 2.75) is 25.7 Å². The molecule has 1 aromatic carbocycles. The molecule has 21 heavy (non-hydrogen) atoms. The van der Waals surface area contributed by atoms with Gasteiger partial charge in [0.2, 0.25) is 0 Å². The molecular formula is C16H21N3O2. The van der Waals surface area contributed by atoms with E-state index in [9.17, 15) is 9.59 Å². The number of carbonyl (C=O) groups excluding carboxylic acids is 2. The van der Waals surface area contributed by atoms with Gasteiger partial charge in [0.05, 0.1) is 11.3 Å². The van der Waals surface area contributed by atoms with Crippen LogP contribution < -0.4 is 5.32 Å². The van der Waals surface area contributed by atoms with E-state index in [-0.39, 0.29) is 11.9 Å². The summed E-state index contributed by atoms with van der Waals surface area (Å²) >= 11 is 0. The molecule has 2 aliphatic heterocycles. The Labute approximate surface area is 124 Å². The van der Waals surface area contributed by atoms with Crippen LogP contribution in [-0.4, -0.2) is 47.9 Å². The second-order valence-electron chi connectivity index (χ2n) is 5.67. The molecule has 0 spiro atoms. The number of benzene rings is 1. The minimum Gasteiger partial charge on any atom is -0.339 e. The summed E-state index contributed by atoms with van der Waals surface area (Å²) in [5.41, 5.74) is 1.21. The molecule has 1 aromatic rings. The summed E-state index contributed by atoms with van der Waals surface area (Å²) in [7, 11) is 0. The van der Waals surface area contributed by atoms with Crippen molar-refractivity contribution in [1.29, 1.82) is 0 Å². The van der Waals surface area contributed by atoms with Crippen LogP contribution in [0.25, 0.3) is 0 Å². The van der Waals surface area contributed by atoms with E-state index in [0.717, 1.165) is 51.9 Å². The first-order chi connectivity index (χ1) is 10.3. The first-order valence-electron chi connectivity index (χ1n) is 7.70. The van der Waals surface area contributed by atoms with Gasteiger partial charge in [-0.05, 0) is 37.8 Å². The Balaban J connectivity index is 1.75. The number of para-hydroxylation sites is 1. The van der Waals surface area contributed by atoms with Crippen LogP contribution in [0.1, 0.15) is 36.0 Å². The van der Waals surface area contributed by atoms with Gasteiger partial charge in [-0.2, -0.15) is 0 Å². The number of amides is 3. The van der Waals surface area contributed by atoms with Crippen LogP contribution in [0.2, 0.25) is 0 Å². The van der Waals surface area contributed by atoms with Gasteiger partial charge in [-0.25, -0.2) is 4.79 Å². The molecule has 5 heteroatoms. The fraction of sp³-hybridized carbons (Fsp3) is 0.500. The Bertz CT molecular complexity index is 532. The smallest absolute Gasteiger partial charge is 0.321 e. The van der Waals surface area contributed by atoms with Crippen molar-refractivity contribution in [3.63, 3.8) is 0 Å². The number of hydrogen-bond donors (Lipinski definition) is 1. The van der Waals surface area contributed by atoms with Crippen molar-refractivity contribution in [3.8, 4) is 0 Å². The van der Waals surface area contributed by atoms with Crippen LogP contribution >= 0.6 is 0 Å². The highest BCUT2D eigenvalue weighted by molar-refractivity contribution is 6.03. The third-order valence-corrected chi connectivity index (χ3v) is 4.19. The van der Waals surface area contributed by atoms with Crippen LogP contribution in [-0.2, 0) is 0 Å². The van der Waals surface area contributed by atoms with Crippen molar-refractivity contribution in [3.05, 3.63) is 29.8 Å². The molecule has 2 aliphatic rings. The Morgan fingerprint density at radius 1 is 0.857 bits per heavy atom. The maximum atomic E-state index is 12.5. The number of urea groups is 1. The number of rotatable bonds is 2. The van der Waals surface area contributed by atoms with E-state index in [1.807, 2.05) is 17.0 Å². The summed E-state index contributed by atoms with van der Waals surface area (Å²) in [5, 5.41) is 2.90. The Morgan fingerprint density at radius 2 is 1.43 bits per heavy atom. The van der Waals surface area contributed by atoms with Crippen molar-refractivity contribution < 1.29 is 9.59 Å². The normalized spacial score (nSPS) is 18.1. The summed E-state index contributed by atoms with van der Waals surface area (Å²) in [6.07, 6.45) is 4.24. The predicted octanol–water partition coefficient (Wildman–Crippen LogP) is 2.55. The molecule has 0 aromatic heterocycles. The second-order valence-corrected chi connectivity index (χ2v) is 5.67. The molecule has 5 nitrogen and oxygen atoms in total. The number of nitrogens with zero attached hydrogens (tertiary/aromatic N) is 2. The SMILES string of the molecule is O=C(Nc1ccccc1C(=O)N1CCCC1)N1CCCC1. The molecule has 2 heterocycles. The lowest BCUT2D eigenvalue weighted by Crippen LogP contribution is -2.33. The van der Waals surface area contributed by atoms with Crippen LogP contribution in [0.4, 0.5) is 10.5 Å². The lowest BCUT2D eigenvalue weighted by Gasteiger charge is -2.20. The Kier molecular flexibility index (Phi) is 4.08. The van der Waals surface area contributed by atoms with Crippen molar-refractivity contribution >= 4 is 17.6 Å². The van der Waals surface area contributed by atoms with E-state index >= 15 is 0 Å². The molecule has 112 valence electrons. The van der Waals surface area contributed by atoms with Crippen LogP contribution in [0.5, 0.6) is 0 Å². The molecule has 3 amide bonds. The quantitative estimate of drug-likeness (QED) is 0.909. The number of hydrogen-bond acceptors (Lipinski definition) is 2. The molecule has 2 fully saturated rings. The maximum Gasteiger partial charge on any atom is 0.321 e. The average molecular weight is 287 g/mol.